The van der Waals surface area contributed by atoms with Crippen LogP contribution in [0.5, 0.6) is 0 Å². The van der Waals surface area contributed by atoms with Gasteiger partial charge in [-0.1, -0.05) is 18.9 Å². The van der Waals surface area contributed by atoms with Crippen LogP contribution >= 0.6 is 0 Å². The van der Waals surface area contributed by atoms with Crippen LogP contribution in [0.1, 0.15) is 36.8 Å². The fourth-order valence-corrected chi connectivity index (χ4v) is 3.27. The van der Waals surface area contributed by atoms with E-state index >= 15 is 0 Å². The Hall–Kier alpha value is -0.930. The summed E-state index contributed by atoms with van der Waals surface area (Å²) >= 11 is 0. The van der Waals surface area contributed by atoms with Crippen molar-refractivity contribution in [3.05, 3.63) is 35.1 Å². The second-order valence-electron chi connectivity index (χ2n) is 5.83. The van der Waals surface area contributed by atoms with Crippen molar-refractivity contribution in [2.24, 2.45) is 11.7 Å². The van der Waals surface area contributed by atoms with Crippen molar-refractivity contribution in [1.29, 1.82) is 0 Å². The van der Waals surface area contributed by atoms with Gasteiger partial charge in [0.2, 0.25) is 0 Å². The van der Waals surface area contributed by atoms with Gasteiger partial charge in [0.25, 0.3) is 0 Å². The van der Waals surface area contributed by atoms with E-state index in [0.29, 0.717) is 12.0 Å². The molecule has 0 heterocycles. The molecule has 2 atom stereocenters. The molecule has 1 aliphatic carbocycles. The summed E-state index contributed by atoms with van der Waals surface area (Å²) < 4.78 is 13.1. The maximum Gasteiger partial charge on any atom is 0.123 e. The molecule has 0 aliphatic heterocycles. The predicted molar refractivity (Wildman–Crippen MR) is 77.4 cm³/mol. The largest absolute Gasteiger partial charge is 0.330 e. The molecule has 1 fully saturated rings. The van der Waals surface area contributed by atoms with Gasteiger partial charge in [-0.25, -0.2) is 4.39 Å². The Morgan fingerprint density at radius 1 is 1.32 bits per heavy atom. The molecule has 0 radical (unpaired) electrons. The quantitative estimate of drug-likeness (QED) is 0.905. The number of hydrogen-bond acceptors (Lipinski definition) is 2. The number of rotatable bonds is 4. The van der Waals surface area contributed by atoms with Crippen LogP contribution in [0.2, 0.25) is 0 Å². The zero-order chi connectivity index (χ0) is 13.8. The van der Waals surface area contributed by atoms with Crippen molar-refractivity contribution in [3.8, 4) is 0 Å². The Kier molecular flexibility index (Phi) is 4.94. The van der Waals surface area contributed by atoms with E-state index in [2.05, 4.69) is 11.9 Å². The smallest absolute Gasteiger partial charge is 0.123 e. The summed E-state index contributed by atoms with van der Waals surface area (Å²) in [6, 6.07) is 5.65. The zero-order valence-electron chi connectivity index (χ0n) is 12.0. The van der Waals surface area contributed by atoms with E-state index in [1.54, 1.807) is 12.1 Å². The van der Waals surface area contributed by atoms with E-state index in [1.807, 2.05) is 13.0 Å². The Bertz CT molecular complexity index is 419. The highest BCUT2D eigenvalue weighted by molar-refractivity contribution is 5.26. The van der Waals surface area contributed by atoms with Crippen LogP contribution in [0, 0.1) is 18.7 Å². The molecule has 0 saturated heterocycles. The third kappa shape index (κ3) is 3.54. The minimum Gasteiger partial charge on any atom is -0.330 e. The van der Waals surface area contributed by atoms with Crippen molar-refractivity contribution in [1.82, 2.24) is 4.90 Å². The van der Waals surface area contributed by atoms with Crippen LogP contribution in [0.3, 0.4) is 0 Å². The van der Waals surface area contributed by atoms with Crippen molar-refractivity contribution >= 4 is 0 Å². The molecule has 0 aromatic heterocycles. The lowest BCUT2D eigenvalue weighted by Gasteiger charge is -2.37. The number of nitrogens with two attached hydrogens (primary N) is 1. The standard InChI is InChI=1S/C16H25FN2/c1-12-9-15(17)8-7-14(12)11-19(2)16-6-4-3-5-13(16)10-18/h7-9,13,16H,3-6,10-11,18H2,1-2H3. The molecule has 1 aromatic rings. The van der Waals surface area contributed by atoms with Crippen LogP contribution in [0.4, 0.5) is 4.39 Å². The number of aryl methyl sites for hydroxylation is 1. The monoisotopic (exact) mass is 264 g/mol. The molecule has 1 aliphatic rings. The van der Waals surface area contributed by atoms with Gasteiger partial charge in [0, 0.05) is 12.6 Å². The van der Waals surface area contributed by atoms with E-state index in [4.69, 9.17) is 5.73 Å². The molecular weight excluding hydrogens is 239 g/mol. The second-order valence-corrected chi connectivity index (χ2v) is 5.83. The number of nitrogens with zero attached hydrogens (tertiary/aromatic N) is 1. The van der Waals surface area contributed by atoms with E-state index in [0.717, 1.165) is 18.7 Å². The fourth-order valence-electron chi connectivity index (χ4n) is 3.27. The second kappa shape index (κ2) is 6.49. The molecule has 1 aromatic carbocycles. The SMILES string of the molecule is Cc1cc(F)ccc1CN(C)C1CCCCC1CN. The normalized spacial score (nSPS) is 23.8. The average molecular weight is 264 g/mol. The number of halogens is 1. The maximum absolute atomic E-state index is 13.1. The lowest BCUT2D eigenvalue weighted by Crippen LogP contribution is -2.42. The Balaban J connectivity index is 2.04. The van der Waals surface area contributed by atoms with Crippen molar-refractivity contribution in [3.63, 3.8) is 0 Å². The first-order chi connectivity index (χ1) is 9.11. The molecule has 2 rings (SSSR count). The Morgan fingerprint density at radius 2 is 2.05 bits per heavy atom. The van der Waals surface area contributed by atoms with E-state index < -0.39 is 0 Å². The Morgan fingerprint density at radius 3 is 2.74 bits per heavy atom. The van der Waals surface area contributed by atoms with Crippen LogP contribution in [-0.2, 0) is 6.54 Å². The lowest BCUT2D eigenvalue weighted by atomic mass is 9.83. The third-order valence-corrected chi connectivity index (χ3v) is 4.46. The van der Waals surface area contributed by atoms with E-state index in [9.17, 15) is 4.39 Å². The molecule has 1 saturated carbocycles. The minimum atomic E-state index is -0.151. The summed E-state index contributed by atoms with van der Waals surface area (Å²) in [5, 5.41) is 0. The molecule has 0 amide bonds. The van der Waals surface area contributed by atoms with Gasteiger partial charge in [0.15, 0.2) is 0 Å². The van der Waals surface area contributed by atoms with Gasteiger partial charge in [-0.05, 0) is 62.5 Å². The van der Waals surface area contributed by atoms with Gasteiger partial charge in [-0.15, -0.1) is 0 Å². The van der Waals surface area contributed by atoms with Crippen LogP contribution < -0.4 is 5.73 Å². The van der Waals surface area contributed by atoms with Crippen molar-refractivity contribution in [2.75, 3.05) is 13.6 Å². The van der Waals surface area contributed by atoms with Gasteiger partial charge in [0.05, 0.1) is 0 Å². The van der Waals surface area contributed by atoms with E-state index in [-0.39, 0.29) is 5.82 Å². The zero-order valence-corrected chi connectivity index (χ0v) is 12.0. The highest BCUT2D eigenvalue weighted by Gasteiger charge is 2.27. The maximum atomic E-state index is 13.1. The first kappa shape index (κ1) is 14.5. The topological polar surface area (TPSA) is 29.3 Å². The molecule has 0 bridgehead atoms. The van der Waals surface area contributed by atoms with Gasteiger partial charge in [0.1, 0.15) is 5.82 Å². The Labute approximate surface area is 115 Å². The average Bonchev–Trinajstić information content (AvgIpc) is 2.41. The third-order valence-electron chi connectivity index (χ3n) is 4.46. The first-order valence-electron chi connectivity index (χ1n) is 7.27. The highest BCUT2D eigenvalue weighted by Crippen LogP contribution is 2.28. The minimum absolute atomic E-state index is 0.151. The summed E-state index contributed by atoms with van der Waals surface area (Å²) in [4.78, 5) is 2.40. The van der Waals surface area contributed by atoms with Gasteiger partial charge >= 0.3 is 0 Å². The molecule has 3 heteroatoms. The van der Waals surface area contributed by atoms with Gasteiger partial charge in [-0.3, -0.25) is 4.90 Å². The van der Waals surface area contributed by atoms with Crippen molar-refractivity contribution in [2.45, 2.75) is 45.2 Å². The summed E-state index contributed by atoms with van der Waals surface area (Å²) in [6.45, 7) is 3.64. The molecule has 2 nitrogen and oxygen atoms in total. The summed E-state index contributed by atoms with van der Waals surface area (Å²) in [5.41, 5.74) is 8.15. The number of hydrogen-bond donors (Lipinski definition) is 1. The molecule has 0 spiro atoms. The van der Waals surface area contributed by atoms with E-state index in [1.165, 1.54) is 31.2 Å². The molecular formula is C16H25FN2. The van der Waals surface area contributed by atoms with Crippen molar-refractivity contribution < 1.29 is 4.39 Å². The molecule has 19 heavy (non-hydrogen) atoms. The van der Waals surface area contributed by atoms with Gasteiger partial charge in [-0.2, -0.15) is 0 Å². The summed E-state index contributed by atoms with van der Waals surface area (Å²) in [7, 11) is 2.17. The fraction of sp³-hybridized carbons (Fsp3) is 0.625. The van der Waals surface area contributed by atoms with Crippen LogP contribution in [0.25, 0.3) is 0 Å². The van der Waals surface area contributed by atoms with Crippen LogP contribution in [-0.4, -0.2) is 24.5 Å². The number of benzene rings is 1. The molecule has 2 unspecified atom stereocenters. The van der Waals surface area contributed by atoms with Crippen LogP contribution in [0.15, 0.2) is 18.2 Å². The van der Waals surface area contributed by atoms with Gasteiger partial charge < -0.3 is 5.73 Å². The predicted octanol–water partition coefficient (Wildman–Crippen LogP) is 3.08. The first-order valence-corrected chi connectivity index (χ1v) is 7.27. The summed E-state index contributed by atoms with van der Waals surface area (Å²) in [5.74, 6) is 0.459. The summed E-state index contributed by atoms with van der Waals surface area (Å²) in [6.07, 6.45) is 5.09. The molecule has 106 valence electrons. The molecule has 2 N–H and O–H groups in total. The highest BCUT2D eigenvalue weighted by atomic mass is 19.1. The lowest BCUT2D eigenvalue weighted by molar-refractivity contribution is 0.127.